The number of phenols is 4. The number of rotatable bonds is 6. The van der Waals surface area contributed by atoms with Gasteiger partial charge in [-0.05, 0) is 18.2 Å². The Labute approximate surface area is 211 Å². The van der Waals surface area contributed by atoms with E-state index in [-0.39, 0.29) is 5.56 Å². The number of fused-ring (bicyclic) bond motifs is 1. The van der Waals surface area contributed by atoms with E-state index in [9.17, 15) is 58.6 Å². The van der Waals surface area contributed by atoms with E-state index in [0.717, 1.165) is 18.2 Å². The third-order valence-corrected chi connectivity index (χ3v) is 5.93. The van der Waals surface area contributed by atoms with Crippen LogP contribution in [0.1, 0.15) is 0 Å². The smallest absolute Gasteiger partial charge is 0.446 e. The molecular formula is C21H20O16S. The molecule has 0 amide bonds. The predicted octanol–water partition coefficient (Wildman–Crippen LogP) is -1.36. The van der Waals surface area contributed by atoms with E-state index in [0.29, 0.717) is 6.07 Å². The van der Waals surface area contributed by atoms with Gasteiger partial charge in [-0.3, -0.25) is 9.35 Å². The van der Waals surface area contributed by atoms with E-state index in [4.69, 9.17) is 13.9 Å². The fourth-order valence-electron chi connectivity index (χ4n) is 3.73. The molecule has 1 saturated heterocycles. The lowest BCUT2D eigenvalue weighted by molar-refractivity contribution is -0.277. The molecule has 206 valence electrons. The standard InChI is InChI=1S/C21H20O16S/c22-5-11-13(27)15(29)16(30)21(34-11)36-18-10(26)4-9(25)12-14(28)20(37-38(31,32)33)17(35-19(12)18)6-1-2-7(23)8(24)3-6/h1-4,11,13,15-16,21-27,29-30H,5H2,(H,31,32,33)/t11?,13-,15+,16?,21+/m1/s1. The maximum atomic E-state index is 13.2. The lowest BCUT2D eigenvalue weighted by atomic mass is 9.99. The molecule has 4 rings (SSSR count). The number of aliphatic hydroxyl groups is 4. The van der Waals surface area contributed by atoms with Crippen LogP contribution in [0.3, 0.4) is 0 Å². The van der Waals surface area contributed by atoms with Crippen molar-refractivity contribution in [2.24, 2.45) is 0 Å². The van der Waals surface area contributed by atoms with Gasteiger partial charge in [-0.1, -0.05) is 0 Å². The molecular weight excluding hydrogens is 540 g/mol. The second kappa shape index (κ2) is 9.80. The first-order valence-corrected chi connectivity index (χ1v) is 11.8. The molecule has 17 heteroatoms. The number of hydrogen-bond acceptors (Lipinski definition) is 15. The molecule has 1 aliphatic rings. The first-order chi connectivity index (χ1) is 17.7. The SMILES string of the molecule is O=c1c(OS(=O)(=O)O)c(-c2ccc(O)c(O)c2)oc2c(O[C@@H]3OC(CO)[C@@H](O)[C@H](O)C3O)c(O)cc(O)c12. The van der Waals surface area contributed by atoms with Crippen molar-refractivity contribution in [1.82, 2.24) is 0 Å². The van der Waals surface area contributed by atoms with Gasteiger partial charge in [0.05, 0.1) is 6.61 Å². The zero-order valence-electron chi connectivity index (χ0n) is 18.7. The highest BCUT2D eigenvalue weighted by Crippen LogP contribution is 2.45. The summed E-state index contributed by atoms with van der Waals surface area (Å²) >= 11 is 0. The molecule has 1 aromatic heterocycles. The summed E-state index contributed by atoms with van der Waals surface area (Å²) < 4.78 is 52.6. The lowest BCUT2D eigenvalue weighted by Crippen LogP contribution is -2.60. The first kappa shape index (κ1) is 27.2. The molecule has 0 aliphatic carbocycles. The quantitative estimate of drug-likeness (QED) is 0.124. The Morgan fingerprint density at radius 2 is 1.55 bits per heavy atom. The van der Waals surface area contributed by atoms with Crippen LogP contribution in [-0.4, -0.2) is 91.1 Å². The van der Waals surface area contributed by atoms with Crippen LogP contribution in [0.15, 0.2) is 33.5 Å². The molecule has 2 unspecified atom stereocenters. The number of benzene rings is 2. The van der Waals surface area contributed by atoms with E-state index >= 15 is 0 Å². The Kier molecular flexibility index (Phi) is 7.01. The molecule has 38 heavy (non-hydrogen) atoms. The third-order valence-electron chi connectivity index (χ3n) is 5.55. The van der Waals surface area contributed by atoms with Crippen molar-refractivity contribution in [3.05, 3.63) is 34.5 Å². The lowest BCUT2D eigenvalue weighted by Gasteiger charge is -2.39. The molecule has 3 aromatic rings. The van der Waals surface area contributed by atoms with Crippen LogP contribution in [0.5, 0.6) is 34.5 Å². The van der Waals surface area contributed by atoms with Crippen LogP contribution in [0, 0.1) is 0 Å². The highest BCUT2D eigenvalue weighted by molar-refractivity contribution is 7.81. The fourth-order valence-corrected chi connectivity index (χ4v) is 4.09. The maximum Gasteiger partial charge on any atom is 0.446 e. The molecule has 0 bridgehead atoms. The summed E-state index contributed by atoms with van der Waals surface area (Å²) in [6.45, 7) is -0.826. The van der Waals surface area contributed by atoms with Gasteiger partial charge >= 0.3 is 10.4 Å². The summed E-state index contributed by atoms with van der Waals surface area (Å²) in [7, 11) is -5.36. The van der Waals surface area contributed by atoms with Crippen LogP contribution < -0.4 is 14.3 Å². The van der Waals surface area contributed by atoms with Crippen molar-refractivity contribution in [3.63, 3.8) is 0 Å². The average molecular weight is 560 g/mol. The van der Waals surface area contributed by atoms with Crippen LogP contribution in [0.4, 0.5) is 0 Å². The van der Waals surface area contributed by atoms with Gasteiger partial charge in [-0.15, -0.1) is 0 Å². The summed E-state index contributed by atoms with van der Waals surface area (Å²) in [5.41, 5.74) is -2.53. The molecule has 16 nitrogen and oxygen atoms in total. The minimum absolute atomic E-state index is 0.306. The van der Waals surface area contributed by atoms with Gasteiger partial charge in [0.15, 0.2) is 28.6 Å². The average Bonchev–Trinajstić information content (AvgIpc) is 2.83. The zero-order chi connectivity index (χ0) is 28.1. The van der Waals surface area contributed by atoms with Gasteiger partial charge in [-0.2, -0.15) is 8.42 Å². The molecule has 0 spiro atoms. The van der Waals surface area contributed by atoms with Crippen molar-refractivity contribution >= 4 is 21.4 Å². The molecule has 9 N–H and O–H groups in total. The minimum atomic E-state index is -5.36. The van der Waals surface area contributed by atoms with Crippen LogP contribution in [0.2, 0.25) is 0 Å². The Bertz CT molecular complexity index is 1550. The monoisotopic (exact) mass is 560 g/mol. The van der Waals surface area contributed by atoms with Gasteiger partial charge in [0, 0.05) is 11.6 Å². The van der Waals surface area contributed by atoms with Crippen LogP contribution in [0.25, 0.3) is 22.3 Å². The van der Waals surface area contributed by atoms with Crippen LogP contribution in [-0.2, 0) is 15.1 Å². The van der Waals surface area contributed by atoms with E-state index in [1.807, 2.05) is 0 Å². The first-order valence-electron chi connectivity index (χ1n) is 10.5. The molecule has 5 atom stereocenters. The molecule has 0 saturated carbocycles. The third kappa shape index (κ3) is 4.86. The summed E-state index contributed by atoms with van der Waals surface area (Å²) in [6.07, 6.45) is -8.95. The van der Waals surface area contributed by atoms with Gasteiger partial charge in [0.25, 0.3) is 0 Å². The predicted molar refractivity (Wildman–Crippen MR) is 121 cm³/mol. The van der Waals surface area contributed by atoms with Crippen LogP contribution >= 0.6 is 0 Å². The second-order valence-electron chi connectivity index (χ2n) is 8.07. The highest BCUT2D eigenvalue weighted by atomic mass is 32.3. The molecule has 2 aromatic carbocycles. The Morgan fingerprint density at radius 3 is 2.16 bits per heavy atom. The Morgan fingerprint density at radius 1 is 0.868 bits per heavy atom. The van der Waals surface area contributed by atoms with Gasteiger partial charge in [0.2, 0.25) is 23.2 Å². The summed E-state index contributed by atoms with van der Waals surface area (Å²) in [6, 6.07) is 3.35. The normalized spacial score (nSPS) is 23.9. The zero-order valence-corrected chi connectivity index (χ0v) is 19.5. The number of aromatic hydroxyl groups is 4. The van der Waals surface area contributed by atoms with Crippen molar-refractivity contribution in [1.29, 1.82) is 0 Å². The molecule has 2 heterocycles. The Hall–Kier alpha value is -3.84. The summed E-state index contributed by atoms with van der Waals surface area (Å²) in [4.78, 5) is 13.2. The number of ether oxygens (including phenoxy) is 2. The number of aliphatic hydroxyl groups excluding tert-OH is 4. The van der Waals surface area contributed by atoms with Crippen molar-refractivity contribution < 1.29 is 71.9 Å². The highest BCUT2D eigenvalue weighted by Gasteiger charge is 2.45. The van der Waals surface area contributed by atoms with Crippen molar-refractivity contribution in [2.45, 2.75) is 30.7 Å². The summed E-state index contributed by atoms with van der Waals surface area (Å²) in [5.74, 6) is -6.08. The Balaban J connectivity index is 1.98. The van der Waals surface area contributed by atoms with E-state index in [1.165, 1.54) is 0 Å². The van der Waals surface area contributed by atoms with E-state index in [2.05, 4.69) is 4.18 Å². The largest absolute Gasteiger partial charge is 0.507 e. The number of phenolic OH excluding ortho intramolecular Hbond substituents is 4. The second-order valence-corrected chi connectivity index (χ2v) is 9.09. The van der Waals surface area contributed by atoms with Gasteiger partial charge < -0.3 is 58.9 Å². The number of hydrogen-bond donors (Lipinski definition) is 9. The molecule has 1 fully saturated rings. The van der Waals surface area contributed by atoms with Crippen molar-refractivity contribution in [2.75, 3.05) is 6.61 Å². The van der Waals surface area contributed by atoms with E-state index < -0.39 is 104 Å². The van der Waals surface area contributed by atoms with Gasteiger partial charge in [-0.25, -0.2) is 0 Å². The van der Waals surface area contributed by atoms with Gasteiger partial charge in [0.1, 0.15) is 35.6 Å². The van der Waals surface area contributed by atoms with E-state index in [1.54, 1.807) is 0 Å². The van der Waals surface area contributed by atoms with Crippen molar-refractivity contribution in [3.8, 4) is 45.8 Å². The maximum absolute atomic E-state index is 13.2. The minimum Gasteiger partial charge on any atom is -0.507 e. The molecule has 1 aliphatic heterocycles. The summed E-state index contributed by atoms with van der Waals surface area (Å²) in [5, 5.41) is 79.0. The fraction of sp³-hybridized carbons (Fsp3) is 0.286. The molecule has 0 radical (unpaired) electrons. The topological polar surface area (TPSA) is 274 Å².